The number of para-hydroxylation sites is 1. The highest BCUT2D eigenvalue weighted by Crippen LogP contribution is 2.36. The predicted octanol–water partition coefficient (Wildman–Crippen LogP) is 4.20. The van der Waals surface area contributed by atoms with Gasteiger partial charge in [0.15, 0.2) is 0 Å². The molecule has 1 heterocycles. The maximum atomic E-state index is 10.4. The van der Waals surface area contributed by atoms with Crippen LogP contribution in [-0.2, 0) is 6.42 Å². The van der Waals surface area contributed by atoms with Gasteiger partial charge in [0.25, 0.3) is 0 Å². The quantitative estimate of drug-likeness (QED) is 0.917. The number of rotatable bonds is 4. The molecule has 0 aliphatic carbocycles. The minimum Gasteiger partial charge on any atom is -0.493 e. The zero-order valence-electron chi connectivity index (χ0n) is 11.8. The van der Waals surface area contributed by atoms with Crippen molar-refractivity contribution in [2.75, 3.05) is 6.61 Å². The topological polar surface area (TPSA) is 29.5 Å². The molecule has 0 aromatic heterocycles. The SMILES string of the molecule is OC(Cc1ccccc1Cl)CC1CCOc2ccccc21. The molecule has 2 aromatic rings. The molecule has 2 aromatic carbocycles. The number of fused-ring (bicyclic) bond motifs is 1. The highest BCUT2D eigenvalue weighted by Gasteiger charge is 2.23. The van der Waals surface area contributed by atoms with Crippen molar-refractivity contribution < 1.29 is 9.84 Å². The third-order valence-electron chi connectivity index (χ3n) is 4.05. The van der Waals surface area contributed by atoms with Gasteiger partial charge < -0.3 is 9.84 Å². The van der Waals surface area contributed by atoms with E-state index in [-0.39, 0.29) is 6.10 Å². The van der Waals surface area contributed by atoms with Crippen molar-refractivity contribution in [1.29, 1.82) is 0 Å². The van der Waals surface area contributed by atoms with E-state index in [0.717, 1.165) is 35.8 Å². The Hall–Kier alpha value is -1.51. The van der Waals surface area contributed by atoms with E-state index in [2.05, 4.69) is 6.07 Å². The van der Waals surface area contributed by atoms with E-state index in [1.807, 2.05) is 42.5 Å². The van der Waals surface area contributed by atoms with Crippen LogP contribution in [0.4, 0.5) is 0 Å². The Kier molecular flexibility index (Phi) is 4.47. The second-order valence-electron chi connectivity index (χ2n) is 5.56. The summed E-state index contributed by atoms with van der Waals surface area (Å²) in [5, 5.41) is 11.1. The van der Waals surface area contributed by atoms with Crippen LogP contribution in [0.1, 0.15) is 29.9 Å². The van der Waals surface area contributed by atoms with Crippen molar-refractivity contribution in [1.82, 2.24) is 0 Å². The zero-order valence-corrected chi connectivity index (χ0v) is 12.6. The Labute approximate surface area is 130 Å². The second kappa shape index (κ2) is 6.50. The number of aliphatic hydroxyl groups excluding tert-OH is 1. The number of aliphatic hydroxyl groups is 1. The molecule has 0 radical (unpaired) electrons. The maximum Gasteiger partial charge on any atom is 0.122 e. The summed E-state index contributed by atoms with van der Waals surface area (Å²) in [6, 6.07) is 15.8. The van der Waals surface area contributed by atoms with Crippen LogP contribution >= 0.6 is 11.6 Å². The van der Waals surface area contributed by atoms with Gasteiger partial charge in [-0.15, -0.1) is 0 Å². The molecule has 2 nitrogen and oxygen atoms in total. The third-order valence-corrected chi connectivity index (χ3v) is 4.42. The summed E-state index contributed by atoms with van der Waals surface area (Å²) in [6.07, 6.45) is 1.91. The lowest BCUT2D eigenvalue weighted by Gasteiger charge is -2.27. The van der Waals surface area contributed by atoms with Gasteiger partial charge in [0.1, 0.15) is 5.75 Å². The minimum absolute atomic E-state index is 0.354. The largest absolute Gasteiger partial charge is 0.493 e. The summed E-state index contributed by atoms with van der Waals surface area (Å²) in [7, 11) is 0. The van der Waals surface area contributed by atoms with E-state index in [0.29, 0.717) is 12.3 Å². The van der Waals surface area contributed by atoms with Crippen LogP contribution in [0.3, 0.4) is 0 Å². The van der Waals surface area contributed by atoms with Gasteiger partial charge in [0.05, 0.1) is 12.7 Å². The average Bonchev–Trinajstić information content (AvgIpc) is 2.50. The van der Waals surface area contributed by atoms with Crippen LogP contribution in [0.2, 0.25) is 5.02 Å². The first-order chi connectivity index (χ1) is 10.2. The van der Waals surface area contributed by atoms with E-state index in [4.69, 9.17) is 16.3 Å². The standard InChI is InChI=1S/C18H19ClO2/c19-17-7-3-1-5-14(17)12-15(20)11-13-9-10-21-18-8-4-2-6-16(13)18/h1-8,13,15,20H,9-12H2. The van der Waals surface area contributed by atoms with Crippen molar-refractivity contribution in [2.24, 2.45) is 0 Å². The summed E-state index contributed by atoms with van der Waals surface area (Å²) < 4.78 is 5.67. The lowest BCUT2D eigenvalue weighted by Crippen LogP contribution is -2.20. The predicted molar refractivity (Wildman–Crippen MR) is 85.1 cm³/mol. The molecule has 0 bridgehead atoms. The van der Waals surface area contributed by atoms with Gasteiger partial charge in [-0.1, -0.05) is 48.0 Å². The lowest BCUT2D eigenvalue weighted by atomic mass is 9.87. The van der Waals surface area contributed by atoms with Crippen molar-refractivity contribution in [3.8, 4) is 5.75 Å². The van der Waals surface area contributed by atoms with Crippen LogP contribution in [0.25, 0.3) is 0 Å². The van der Waals surface area contributed by atoms with Gasteiger partial charge in [0.2, 0.25) is 0 Å². The Morgan fingerprint density at radius 2 is 1.90 bits per heavy atom. The van der Waals surface area contributed by atoms with Crippen molar-refractivity contribution >= 4 is 11.6 Å². The summed E-state index contributed by atoms with van der Waals surface area (Å²) >= 11 is 6.16. The number of hydrogen-bond acceptors (Lipinski definition) is 2. The molecule has 110 valence electrons. The van der Waals surface area contributed by atoms with E-state index < -0.39 is 0 Å². The number of benzene rings is 2. The number of halogens is 1. The van der Waals surface area contributed by atoms with Crippen LogP contribution in [0.15, 0.2) is 48.5 Å². The normalized spacial score (nSPS) is 18.7. The van der Waals surface area contributed by atoms with Gasteiger partial charge in [-0.05, 0) is 48.4 Å². The van der Waals surface area contributed by atoms with Crippen LogP contribution < -0.4 is 4.74 Å². The van der Waals surface area contributed by atoms with Gasteiger partial charge in [0, 0.05) is 5.02 Å². The van der Waals surface area contributed by atoms with Gasteiger partial charge in [-0.3, -0.25) is 0 Å². The third kappa shape index (κ3) is 3.39. The molecule has 1 N–H and O–H groups in total. The van der Waals surface area contributed by atoms with Crippen molar-refractivity contribution in [3.05, 3.63) is 64.7 Å². The smallest absolute Gasteiger partial charge is 0.122 e. The van der Waals surface area contributed by atoms with E-state index in [9.17, 15) is 5.11 Å². The fourth-order valence-corrected chi connectivity index (χ4v) is 3.20. The molecular weight excluding hydrogens is 284 g/mol. The monoisotopic (exact) mass is 302 g/mol. The van der Waals surface area contributed by atoms with Crippen LogP contribution in [-0.4, -0.2) is 17.8 Å². The van der Waals surface area contributed by atoms with Crippen LogP contribution in [0, 0.1) is 0 Å². The van der Waals surface area contributed by atoms with Gasteiger partial charge in [-0.25, -0.2) is 0 Å². The molecule has 21 heavy (non-hydrogen) atoms. The molecule has 0 fully saturated rings. The van der Waals surface area contributed by atoms with E-state index in [1.54, 1.807) is 0 Å². The molecule has 2 atom stereocenters. The fraction of sp³-hybridized carbons (Fsp3) is 0.333. The summed E-state index contributed by atoms with van der Waals surface area (Å²) in [5.74, 6) is 1.31. The first-order valence-corrected chi connectivity index (χ1v) is 7.75. The molecule has 1 aliphatic heterocycles. The lowest BCUT2D eigenvalue weighted by molar-refractivity contribution is 0.143. The molecule has 2 unspecified atom stereocenters. The minimum atomic E-state index is -0.388. The first kappa shape index (κ1) is 14.4. The molecule has 3 rings (SSSR count). The highest BCUT2D eigenvalue weighted by atomic mass is 35.5. The summed E-state index contributed by atoms with van der Waals surface area (Å²) in [5.41, 5.74) is 2.22. The van der Waals surface area contributed by atoms with Crippen molar-refractivity contribution in [3.63, 3.8) is 0 Å². The summed E-state index contributed by atoms with van der Waals surface area (Å²) in [4.78, 5) is 0. The maximum absolute atomic E-state index is 10.4. The van der Waals surface area contributed by atoms with Crippen LogP contribution in [0.5, 0.6) is 5.75 Å². The Bertz CT molecular complexity index is 612. The first-order valence-electron chi connectivity index (χ1n) is 7.37. The molecule has 0 amide bonds. The highest BCUT2D eigenvalue weighted by molar-refractivity contribution is 6.31. The molecular formula is C18H19ClO2. The van der Waals surface area contributed by atoms with Gasteiger partial charge >= 0.3 is 0 Å². The van der Waals surface area contributed by atoms with Gasteiger partial charge in [-0.2, -0.15) is 0 Å². The molecule has 3 heteroatoms. The summed E-state index contributed by atoms with van der Waals surface area (Å²) in [6.45, 7) is 0.723. The van der Waals surface area contributed by atoms with E-state index >= 15 is 0 Å². The molecule has 1 aliphatic rings. The molecule has 0 spiro atoms. The zero-order chi connectivity index (χ0) is 14.7. The number of ether oxygens (including phenoxy) is 1. The molecule has 0 saturated heterocycles. The van der Waals surface area contributed by atoms with E-state index in [1.165, 1.54) is 5.56 Å². The number of hydrogen-bond donors (Lipinski definition) is 1. The fourth-order valence-electron chi connectivity index (χ4n) is 2.99. The Morgan fingerprint density at radius 1 is 1.14 bits per heavy atom. The molecule has 0 saturated carbocycles. The Morgan fingerprint density at radius 3 is 2.76 bits per heavy atom. The second-order valence-corrected chi connectivity index (χ2v) is 5.96. The Balaban J connectivity index is 1.69. The average molecular weight is 303 g/mol. The van der Waals surface area contributed by atoms with Crippen molar-refractivity contribution in [2.45, 2.75) is 31.3 Å².